The monoisotopic (exact) mass is 419 g/mol. The van der Waals surface area contributed by atoms with Gasteiger partial charge in [-0.3, -0.25) is 9.69 Å². The van der Waals surface area contributed by atoms with Gasteiger partial charge in [0.05, 0.1) is 0 Å². The average molecular weight is 419 g/mol. The van der Waals surface area contributed by atoms with Gasteiger partial charge in [-0.1, -0.05) is 32.9 Å². The van der Waals surface area contributed by atoms with Gasteiger partial charge in [-0.2, -0.15) is 8.78 Å². The highest BCUT2D eigenvalue weighted by Gasteiger charge is 2.50. The van der Waals surface area contributed by atoms with E-state index in [0.717, 1.165) is 0 Å². The SMILES string of the molecule is CCc1cc([C@@]2(c3ccc(F)c(C(C)C)c3)N=C(N)N(C)C2=O)ccc1OC(F)F. The van der Waals surface area contributed by atoms with Crippen molar-refractivity contribution in [3.63, 3.8) is 0 Å². The van der Waals surface area contributed by atoms with Gasteiger partial charge >= 0.3 is 6.61 Å². The molecule has 0 fully saturated rings. The number of carbonyl (C=O) groups excluding carboxylic acids is 1. The van der Waals surface area contributed by atoms with Gasteiger partial charge in [-0.05, 0) is 58.9 Å². The number of ether oxygens (including phenoxy) is 1. The lowest BCUT2D eigenvalue weighted by atomic mass is 9.80. The predicted octanol–water partition coefficient (Wildman–Crippen LogP) is 4.14. The number of halogens is 3. The van der Waals surface area contributed by atoms with Crippen molar-refractivity contribution in [1.29, 1.82) is 0 Å². The minimum Gasteiger partial charge on any atom is -0.435 e. The third-order valence-corrected chi connectivity index (χ3v) is 5.35. The van der Waals surface area contributed by atoms with E-state index in [9.17, 15) is 18.0 Å². The van der Waals surface area contributed by atoms with Gasteiger partial charge in [0, 0.05) is 7.05 Å². The fourth-order valence-corrected chi connectivity index (χ4v) is 3.69. The van der Waals surface area contributed by atoms with Gasteiger partial charge in [-0.25, -0.2) is 9.38 Å². The number of alkyl halides is 2. The predicted molar refractivity (Wildman–Crippen MR) is 108 cm³/mol. The number of carbonyl (C=O) groups is 1. The maximum absolute atomic E-state index is 14.3. The number of guanidine groups is 1. The Bertz CT molecular complexity index is 1010. The lowest BCUT2D eigenvalue weighted by Gasteiger charge is -2.28. The van der Waals surface area contributed by atoms with E-state index >= 15 is 0 Å². The molecule has 1 amide bonds. The molecule has 1 aliphatic rings. The summed E-state index contributed by atoms with van der Waals surface area (Å²) < 4.78 is 44.4. The zero-order chi connectivity index (χ0) is 22.2. The topological polar surface area (TPSA) is 67.9 Å². The maximum atomic E-state index is 14.3. The summed E-state index contributed by atoms with van der Waals surface area (Å²) in [6.45, 7) is 2.52. The van der Waals surface area contributed by atoms with Crippen LogP contribution < -0.4 is 10.5 Å². The van der Waals surface area contributed by atoms with Crippen molar-refractivity contribution < 1.29 is 22.7 Å². The molecule has 0 bridgehead atoms. The van der Waals surface area contributed by atoms with Crippen molar-refractivity contribution >= 4 is 11.9 Å². The zero-order valence-electron chi connectivity index (χ0n) is 17.2. The number of hydrogen-bond donors (Lipinski definition) is 1. The molecular formula is C22H24F3N3O2. The molecule has 0 saturated carbocycles. The number of aliphatic imine (C=N–C) groups is 1. The first-order valence-corrected chi connectivity index (χ1v) is 9.63. The number of likely N-dealkylation sites (N-methyl/N-ethyl adjacent to an activating group) is 1. The van der Waals surface area contributed by atoms with Gasteiger partial charge in [0.25, 0.3) is 5.91 Å². The zero-order valence-corrected chi connectivity index (χ0v) is 17.2. The molecule has 30 heavy (non-hydrogen) atoms. The summed E-state index contributed by atoms with van der Waals surface area (Å²) in [6, 6.07) is 8.95. The Morgan fingerprint density at radius 1 is 1.17 bits per heavy atom. The summed E-state index contributed by atoms with van der Waals surface area (Å²) in [5.74, 6) is -0.864. The third-order valence-electron chi connectivity index (χ3n) is 5.35. The van der Waals surface area contributed by atoms with Crippen LogP contribution in [0.1, 0.15) is 48.9 Å². The Morgan fingerprint density at radius 3 is 2.33 bits per heavy atom. The molecule has 1 aliphatic heterocycles. The van der Waals surface area contributed by atoms with Crippen LogP contribution in [0.15, 0.2) is 41.4 Å². The standard InChI is InChI=1S/C22H24F3N3O2/c1-5-13-10-14(7-9-18(13)30-20(24)25)22(19(29)28(4)21(26)27-22)15-6-8-17(23)16(11-15)12(2)3/h6-12,20H,5H2,1-4H3,(H2,26,27)/t22-/m0/s1. The largest absolute Gasteiger partial charge is 0.435 e. The molecule has 2 aromatic rings. The summed E-state index contributed by atoms with van der Waals surface area (Å²) in [6.07, 6.45) is 0.399. The van der Waals surface area contributed by atoms with E-state index in [1.165, 1.54) is 36.2 Å². The van der Waals surface area contributed by atoms with E-state index in [1.54, 1.807) is 19.1 Å². The Kier molecular flexibility index (Phi) is 5.78. The van der Waals surface area contributed by atoms with Gasteiger partial charge in [0.15, 0.2) is 11.5 Å². The molecular weight excluding hydrogens is 395 g/mol. The molecule has 3 rings (SSSR count). The molecule has 160 valence electrons. The van der Waals surface area contributed by atoms with E-state index in [-0.39, 0.29) is 23.4 Å². The van der Waals surface area contributed by atoms with Gasteiger partial charge in [-0.15, -0.1) is 0 Å². The summed E-state index contributed by atoms with van der Waals surface area (Å²) in [5, 5.41) is 0. The quantitative estimate of drug-likeness (QED) is 0.765. The maximum Gasteiger partial charge on any atom is 0.387 e. The third kappa shape index (κ3) is 3.51. The highest BCUT2D eigenvalue weighted by atomic mass is 19.3. The van der Waals surface area contributed by atoms with Crippen LogP contribution in [0.25, 0.3) is 0 Å². The van der Waals surface area contributed by atoms with E-state index in [0.29, 0.717) is 28.7 Å². The number of aryl methyl sites for hydroxylation is 1. The second kappa shape index (κ2) is 8.01. The van der Waals surface area contributed by atoms with E-state index in [2.05, 4.69) is 9.73 Å². The molecule has 0 saturated heterocycles. The van der Waals surface area contributed by atoms with E-state index in [4.69, 9.17) is 5.73 Å². The summed E-state index contributed by atoms with van der Waals surface area (Å²) in [5.41, 5.74) is 6.27. The molecule has 0 radical (unpaired) electrons. The number of amides is 1. The molecule has 5 nitrogen and oxygen atoms in total. The number of nitrogens with zero attached hydrogens (tertiary/aromatic N) is 2. The fourth-order valence-electron chi connectivity index (χ4n) is 3.69. The smallest absolute Gasteiger partial charge is 0.387 e. The minimum atomic E-state index is -2.96. The Hall–Kier alpha value is -3.03. The number of nitrogens with two attached hydrogens (primary N) is 1. The van der Waals surface area contributed by atoms with Crippen LogP contribution in [-0.4, -0.2) is 30.4 Å². The Labute approximate surface area is 173 Å². The lowest BCUT2D eigenvalue weighted by Crippen LogP contribution is -2.41. The molecule has 0 aliphatic carbocycles. The minimum absolute atomic E-state index is 0.0152. The molecule has 1 heterocycles. The van der Waals surface area contributed by atoms with Crippen LogP contribution in [0, 0.1) is 5.82 Å². The first-order valence-electron chi connectivity index (χ1n) is 9.63. The van der Waals surface area contributed by atoms with Gasteiger partial charge in [0.1, 0.15) is 11.6 Å². The van der Waals surface area contributed by atoms with E-state index in [1.807, 2.05) is 13.8 Å². The highest BCUT2D eigenvalue weighted by Crippen LogP contribution is 2.42. The summed E-state index contributed by atoms with van der Waals surface area (Å²) >= 11 is 0. The molecule has 0 unspecified atom stereocenters. The van der Waals surface area contributed by atoms with Crippen LogP contribution >= 0.6 is 0 Å². The molecule has 2 aromatic carbocycles. The van der Waals surface area contributed by atoms with Gasteiger partial charge < -0.3 is 10.5 Å². The van der Waals surface area contributed by atoms with Crippen LogP contribution in [0.5, 0.6) is 5.75 Å². The second-order valence-corrected chi connectivity index (χ2v) is 7.49. The summed E-state index contributed by atoms with van der Waals surface area (Å²) in [7, 11) is 1.50. The van der Waals surface area contributed by atoms with Crippen molar-refractivity contribution in [3.8, 4) is 5.75 Å². The fraction of sp³-hybridized carbons (Fsp3) is 0.364. The second-order valence-electron chi connectivity index (χ2n) is 7.49. The number of hydrogen-bond acceptors (Lipinski definition) is 4. The lowest BCUT2D eigenvalue weighted by molar-refractivity contribution is -0.129. The average Bonchev–Trinajstić information content (AvgIpc) is 2.93. The van der Waals surface area contributed by atoms with Crippen molar-refractivity contribution in [2.24, 2.45) is 10.7 Å². The first kappa shape index (κ1) is 21.7. The number of rotatable bonds is 6. The van der Waals surface area contributed by atoms with E-state index < -0.39 is 18.1 Å². The Morgan fingerprint density at radius 2 is 1.80 bits per heavy atom. The first-order chi connectivity index (χ1) is 14.1. The molecule has 0 spiro atoms. The van der Waals surface area contributed by atoms with Gasteiger partial charge in [0.2, 0.25) is 0 Å². The van der Waals surface area contributed by atoms with Crippen molar-refractivity contribution in [3.05, 3.63) is 64.5 Å². The van der Waals surface area contributed by atoms with Crippen LogP contribution in [0.2, 0.25) is 0 Å². The van der Waals surface area contributed by atoms with Crippen molar-refractivity contribution in [2.45, 2.75) is 45.3 Å². The Balaban J connectivity index is 2.26. The van der Waals surface area contributed by atoms with Crippen LogP contribution in [0.3, 0.4) is 0 Å². The summed E-state index contributed by atoms with van der Waals surface area (Å²) in [4.78, 5) is 19.1. The normalized spacial score (nSPS) is 19.0. The highest BCUT2D eigenvalue weighted by molar-refractivity contribution is 6.09. The molecule has 1 atom stereocenters. The van der Waals surface area contributed by atoms with Crippen molar-refractivity contribution in [2.75, 3.05) is 7.05 Å². The van der Waals surface area contributed by atoms with Crippen LogP contribution in [-0.2, 0) is 16.8 Å². The molecule has 8 heteroatoms. The molecule has 0 aromatic heterocycles. The number of benzene rings is 2. The molecule has 2 N–H and O–H groups in total. The van der Waals surface area contributed by atoms with Crippen LogP contribution in [0.4, 0.5) is 13.2 Å². The van der Waals surface area contributed by atoms with Crippen molar-refractivity contribution in [1.82, 2.24) is 4.90 Å².